The number of amides is 2. The van der Waals surface area contributed by atoms with Gasteiger partial charge in [-0.2, -0.15) is 0 Å². The number of carboxylic acids is 1. The first-order chi connectivity index (χ1) is 9.93. The van der Waals surface area contributed by atoms with Crippen LogP contribution in [0.4, 0.5) is 4.79 Å². The first-order valence-electron chi connectivity index (χ1n) is 7.84. The number of aliphatic carboxylic acids is 1. The molecule has 120 valence electrons. The summed E-state index contributed by atoms with van der Waals surface area (Å²) in [6.45, 7) is 5.75. The summed E-state index contributed by atoms with van der Waals surface area (Å²) >= 11 is 0. The highest BCUT2D eigenvalue weighted by molar-refractivity contribution is 5.87. The molecule has 2 saturated heterocycles. The lowest BCUT2D eigenvalue weighted by Crippen LogP contribution is -2.60. The molecule has 0 aliphatic carbocycles. The lowest BCUT2D eigenvalue weighted by Gasteiger charge is -2.40. The smallest absolute Gasteiger partial charge is 0.329 e. The fraction of sp³-hybridized carbons (Fsp3) is 0.867. The fourth-order valence-electron chi connectivity index (χ4n) is 3.45. The van der Waals surface area contributed by atoms with Crippen LogP contribution >= 0.6 is 0 Å². The molecule has 0 aromatic carbocycles. The average molecular weight is 298 g/mol. The van der Waals surface area contributed by atoms with Crippen LogP contribution in [-0.4, -0.2) is 52.8 Å². The van der Waals surface area contributed by atoms with E-state index in [0.717, 1.165) is 25.7 Å². The summed E-state index contributed by atoms with van der Waals surface area (Å²) < 4.78 is 5.33. The van der Waals surface area contributed by atoms with Gasteiger partial charge in [-0.05, 0) is 39.0 Å². The van der Waals surface area contributed by atoms with Crippen molar-refractivity contribution in [3.8, 4) is 0 Å². The molecule has 0 aromatic heterocycles. The second-order valence-corrected chi connectivity index (χ2v) is 6.45. The molecule has 0 bridgehead atoms. The number of nitrogens with zero attached hydrogens (tertiary/aromatic N) is 1. The van der Waals surface area contributed by atoms with Crippen molar-refractivity contribution in [3.05, 3.63) is 0 Å². The Morgan fingerprint density at radius 2 is 1.95 bits per heavy atom. The molecule has 21 heavy (non-hydrogen) atoms. The Labute approximate surface area is 125 Å². The Balaban J connectivity index is 2.11. The van der Waals surface area contributed by atoms with E-state index < -0.39 is 11.5 Å². The van der Waals surface area contributed by atoms with E-state index in [1.54, 1.807) is 4.90 Å². The van der Waals surface area contributed by atoms with Crippen molar-refractivity contribution in [2.45, 2.75) is 63.5 Å². The van der Waals surface area contributed by atoms with E-state index in [-0.39, 0.29) is 11.6 Å². The van der Waals surface area contributed by atoms with Gasteiger partial charge in [0.05, 0.1) is 0 Å². The van der Waals surface area contributed by atoms with Crippen LogP contribution in [-0.2, 0) is 9.53 Å². The Bertz CT molecular complexity index is 406. The quantitative estimate of drug-likeness (QED) is 0.832. The maximum atomic E-state index is 12.6. The Morgan fingerprint density at radius 1 is 1.29 bits per heavy atom. The zero-order valence-corrected chi connectivity index (χ0v) is 13.0. The molecule has 6 heteroatoms. The first-order valence-corrected chi connectivity index (χ1v) is 7.84. The third-order valence-electron chi connectivity index (χ3n) is 4.80. The van der Waals surface area contributed by atoms with Crippen molar-refractivity contribution in [2.75, 3.05) is 19.8 Å². The van der Waals surface area contributed by atoms with E-state index in [1.807, 2.05) is 13.8 Å². The van der Waals surface area contributed by atoms with Gasteiger partial charge in [-0.15, -0.1) is 0 Å². The van der Waals surface area contributed by atoms with Gasteiger partial charge < -0.3 is 20.1 Å². The van der Waals surface area contributed by atoms with Gasteiger partial charge in [0.1, 0.15) is 5.54 Å². The summed E-state index contributed by atoms with van der Waals surface area (Å²) in [6, 6.07) is -0.243. The van der Waals surface area contributed by atoms with Crippen LogP contribution in [0, 0.1) is 0 Å². The van der Waals surface area contributed by atoms with Crippen LogP contribution in [0.5, 0.6) is 0 Å². The number of carboxylic acid groups (broad SMARTS) is 1. The monoisotopic (exact) mass is 298 g/mol. The molecule has 2 amide bonds. The van der Waals surface area contributed by atoms with E-state index in [0.29, 0.717) is 32.6 Å². The van der Waals surface area contributed by atoms with Gasteiger partial charge in [-0.1, -0.05) is 13.3 Å². The number of urea groups is 1. The van der Waals surface area contributed by atoms with Crippen LogP contribution in [0.2, 0.25) is 0 Å². The van der Waals surface area contributed by atoms with Crippen molar-refractivity contribution in [1.82, 2.24) is 10.2 Å². The van der Waals surface area contributed by atoms with E-state index in [2.05, 4.69) is 5.32 Å². The van der Waals surface area contributed by atoms with Crippen LogP contribution < -0.4 is 5.32 Å². The maximum absolute atomic E-state index is 12.6. The average Bonchev–Trinajstić information content (AvgIpc) is 2.84. The Morgan fingerprint density at radius 3 is 2.52 bits per heavy atom. The largest absolute Gasteiger partial charge is 0.479 e. The van der Waals surface area contributed by atoms with Gasteiger partial charge in [0.2, 0.25) is 0 Å². The number of hydrogen-bond acceptors (Lipinski definition) is 3. The number of carbonyl (C=O) groups excluding carboxylic acids is 1. The third-order valence-corrected chi connectivity index (χ3v) is 4.80. The maximum Gasteiger partial charge on any atom is 0.329 e. The SMILES string of the molecule is CCCC1(C(=O)O)CCCN1C(=O)NC1(C)CCOCC1. The lowest BCUT2D eigenvalue weighted by molar-refractivity contribution is -0.148. The summed E-state index contributed by atoms with van der Waals surface area (Å²) in [6.07, 6.45) is 4.08. The number of hydrogen-bond donors (Lipinski definition) is 2. The number of ether oxygens (including phenoxy) is 1. The summed E-state index contributed by atoms with van der Waals surface area (Å²) in [5.74, 6) is -0.880. The lowest BCUT2D eigenvalue weighted by atomic mass is 9.90. The highest BCUT2D eigenvalue weighted by atomic mass is 16.5. The van der Waals surface area contributed by atoms with Crippen molar-refractivity contribution in [1.29, 1.82) is 0 Å². The van der Waals surface area contributed by atoms with E-state index in [9.17, 15) is 14.7 Å². The molecule has 0 spiro atoms. The van der Waals surface area contributed by atoms with Gasteiger partial charge in [-0.25, -0.2) is 9.59 Å². The van der Waals surface area contributed by atoms with Crippen molar-refractivity contribution in [3.63, 3.8) is 0 Å². The molecule has 2 aliphatic heterocycles. The minimum atomic E-state index is -1.03. The normalized spacial score (nSPS) is 28.4. The minimum Gasteiger partial charge on any atom is -0.479 e. The number of rotatable bonds is 4. The van der Waals surface area contributed by atoms with Crippen LogP contribution in [0.15, 0.2) is 0 Å². The zero-order chi connectivity index (χ0) is 15.5. The molecule has 0 saturated carbocycles. The molecule has 2 aliphatic rings. The van der Waals surface area contributed by atoms with Gasteiger partial charge in [0.15, 0.2) is 0 Å². The predicted molar refractivity (Wildman–Crippen MR) is 78.2 cm³/mol. The molecule has 2 fully saturated rings. The minimum absolute atomic E-state index is 0.243. The number of likely N-dealkylation sites (tertiary alicyclic amines) is 1. The second kappa shape index (κ2) is 6.22. The van der Waals surface area contributed by atoms with Gasteiger partial charge in [-0.3, -0.25) is 0 Å². The fourth-order valence-corrected chi connectivity index (χ4v) is 3.45. The third kappa shape index (κ3) is 3.15. The Hall–Kier alpha value is -1.30. The molecule has 0 radical (unpaired) electrons. The summed E-state index contributed by atoms with van der Waals surface area (Å²) in [5.41, 5.74) is -1.32. The molecule has 6 nitrogen and oxygen atoms in total. The second-order valence-electron chi connectivity index (χ2n) is 6.45. The van der Waals surface area contributed by atoms with Crippen LogP contribution in [0.1, 0.15) is 52.4 Å². The topological polar surface area (TPSA) is 78.9 Å². The molecule has 1 unspecified atom stereocenters. The Kier molecular flexibility index (Phi) is 4.76. The van der Waals surface area contributed by atoms with Crippen molar-refractivity contribution < 1.29 is 19.4 Å². The molecule has 2 N–H and O–H groups in total. The summed E-state index contributed by atoms with van der Waals surface area (Å²) in [7, 11) is 0. The molecular weight excluding hydrogens is 272 g/mol. The highest BCUT2D eigenvalue weighted by Gasteiger charge is 2.50. The molecular formula is C15H26N2O4. The number of nitrogens with one attached hydrogen (secondary N) is 1. The van der Waals surface area contributed by atoms with Gasteiger partial charge in [0, 0.05) is 25.3 Å². The van der Waals surface area contributed by atoms with E-state index >= 15 is 0 Å². The van der Waals surface area contributed by atoms with Crippen molar-refractivity contribution >= 4 is 12.0 Å². The highest BCUT2D eigenvalue weighted by Crippen LogP contribution is 2.34. The molecule has 0 aromatic rings. The molecule has 1 atom stereocenters. The van der Waals surface area contributed by atoms with Gasteiger partial charge >= 0.3 is 12.0 Å². The van der Waals surface area contributed by atoms with Crippen LogP contribution in [0.3, 0.4) is 0 Å². The van der Waals surface area contributed by atoms with Crippen LogP contribution in [0.25, 0.3) is 0 Å². The zero-order valence-electron chi connectivity index (χ0n) is 13.0. The van der Waals surface area contributed by atoms with E-state index in [4.69, 9.17) is 4.74 Å². The number of carbonyl (C=O) groups is 2. The summed E-state index contributed by atoms with van der Waals surface area (Å²) in [4.78, 5) is 25.9. The summed E-state index contributed by atoms with van der Waals surface area (Å²) in [5, 5.41) is 12.7. The molecule has 2 rings (SSSR count). The first kappa shape index (κ1) is 16.1. The van der Waals surface area contributed by atoms with Gasteiger partial charge in [0.25, 0.3) is 0 Å². The van der Waals surface area contributed by atoms with E-state index in [1.165, 1.54) is 0 Å². The van der Waals surface area contributed by atoms with Crippen molar-refractivity contribution in [2.24, 2.45) is 0 Å². The standard InChI is InChI=1S/C15H26N2O4/c1-3-5-15(12(18)19)6-4-9-17(15)13(20)16-14(2)7-10-21-11-8-14/h3-11H2,1-2H3,(H,16,20)(H,18,19). The predicted octanol–water partition coefficient (Wildman–Crippen LogP) is 1.98. The molecule has 2 heterocycles.